The Morgan fingerprint density at radius 2 is 1.50 bits per heavy atom. The largest absolute Gasteiger partial charge is 0.496 e. The number of benzene rings is 1. The van der Waals surface area contributed by atoms with Crippen molar-refractivity contribution in [1.29, 1.82) is 0 Å². The highest BCUT2D eigenvalue weighted by atomic mass is 19.3. The summed E-state index contributed by atoms with van der Waals surface area (Å²) in [5.74, 6) is 0.943. The number of methoxy groups -OCH3 is 2. The van der Waals surface area contributed by atoms with E-state index in [-0.39, 0.29) is 13.1 Å². The molecule has 0 aliphatic carbocycles. The predicted molar refractivity (Wildman–Crippen MR) is 85.8 cm³/mol. The third-order valence-electron chi connectivity index (χ3n) is 3.57. The highest BCUT2D eigenvalue weighted by Crippen LogP contribution is 2.36. The van der Waals surface area contributed by atoms with Crippen molar-refractivity contribution in [2.75, 3.05) is 38.8 Å². The minimum atomic E-state index is -2.51. The Labute approximate surface area is 139 Å². The summed E-state index contributed by atoms with van der Waals surface area (Å²) >= 11 is 0. The SMILES string of the molecule is COc1cc(N(CCC(F)F)CCC(F)F)c(OC)cc1CCN. The Bertz CT molecular complexity index is 489. The average molecular weight is 352 g/mol. The van der Waals surface area contributed by atoms with Gasteiger partial charge < -0.3 is 20.1 Å². The van der Waals surface area contributed by atoms with Gasteiger partial charge in [0.25, 0.3) is 0 Å². The first kappa shape index (κ1) is 20.3. The zero-order valence-electron chi connectivity index (χ0n) is 13.9. The van der Waals surface area contributed by atoms with Crippen LogP contribution < -0.4 is 20.1 Å². The van der Waals surface area contributed by atoms with Crippen LogP contribution in [0.15, 0.2) is 12.1 Å². The second-order valence-electron chi connectivity index (χ2n) is 5.22. The second-order valence-corrected chi connectivity index (χ2v) is 5.22. The van der Waals surface area contributed by atoms with Crippen LogP contribution in [0.4, 0.5) is 23.2 Å². The van der Waals surface area contributed by atoms with Crippen LogP contribution in [0.2, 0.25) is 0 Å². The Morgan fingerprint density at radius 3 is 1.92 bits per heavy atom. The second kappa shape index (κ2) is 10.2. The fourth-order valence-corrected chi connectivity index (χ4v) is 2.40. The Balaban J connectivity index is 3.16. The number of halogens is 4. The summed E-state index contributed by atoms with van der Waals surface area (Å²) in [5.41, 5.74) is 6.83. The molecule has 8 heteroatoms. The van der Waals surface area contributed by atoms with Crippen molar-refractivity contribution in [3.63, 3.8) is 0 Å². The van der Waals surface area contributed by atoms with Crippen LogP contribution in [-0.2, 0) is 6.42 Å². The number of nitrogens with zero attached hydrogens (tertiary/aromatic N) is 1. The normalized spacial score (nSPS) is 11.2. The number of alkyl halides is 4. The molecule has 0 aliphatic heterocycles. The Morgan fingerprint density at radius 1 is 0.958 bits per heavy atom. The molecule has 0 aliphatic rings. The van der Waals surface area contributed by atoms with Gasteiger partial charge in [0.15, 0.2) is 0 Å². The molecule has 0 heterocycles. The third-order valence-corrected chi connectivity index (χ3v) is 3.57. The lowest BCUT2D eigenvalue weighted by molar-refractivity contribution is 0.133. The summed E-state index contributed by atoms with van der Waals surface area (Å²) in [6.07, 6.45) is -5.31. The van der Waals surface area contributed by atoms with Gasteiger partial charge in [-0.1, -0.05) is 0 Å². The molecule has 24 heavy (non-hydrogen) atoms. The van der Waals surface area contributed by atoms with Gasteiger partial charge in [0.2, 0.25) is 12.9 Å². The number of rotatable bonds is 11. The summed E-state index contributed by atoms with van der Waals surface area (Å²) in [7, 11) is 2.92. The van der Waals surface area contributed by atoms with Crippen molar-refractivity contribution >= 4 is 5.69 Å². The first-order valence-electron chi connectivity index (χ1n) is 7.69. The third kappa shape index (κ3) is 6.07. The average Bonchev–Trinajstić information content (AvgIpc) is 2.54. The predicted octanol–water partition coefficient (Wildman–Crippen LogP) is 3.32. The highest BCUT2D eigenvalue weighted by Gasteiger charge is 2.19. The smallest absolute Gasteiger partial charge is 0.240 e. The van der Waals surface area contributed by atoms with Crippen LogP contribution in [-0.4, -0.2) is 46.7 Å². The van der Waals surface area contributed by atoms with Gasteiger partial charge in [0.05, 0.1) is 19.9 Å². The van der Waals surface area contributed by atoms with E-state index in [4.69, 9.17) is 15.2 Å². The van der Waals surface area contributed by atoms with Crippen LogP contribution in [0.5, 0.6) is 11.5 Å². The first-order chi connectivity index (χ1) is 11.4. The lowest BCUT2D eigenvalue weighted by Gasteiger charge is -2.27. The summed E-state index contributed by atoms with van der Waals surface area (Å²) in [4.78, 5) is 1.48. The molecule has 0 aromatic heterocycles. The van der Waals surface area contributed by atoms with E-state index < -0.39 is 25.7 Å². The van der Waals surface area contributed by atoms with E-state index in [0.717, 1.165) is 5.56 Å². The summed E-state index contributed by atoms with van der Waals surface area (Å²) in [6.45, 7) is 0.291. The van der Waals surface area contributed by atoms with Gasteiger partial charge in [-0.05, 0) is 24.6 Å². The molecule has 0 unspecified atom stereocenters. The van der Waals surface area contributed by atoms with Gasteiger partial charge in [0, 0.05) is 32.0 Å². The van der Waals surface area contributed by atoms with E-state index in [9.17, 15) is 17.6 Å². The van der Waals surface area contributed by atoms with Crippen molar-refractivity contribution in [1.82, 2.24) is 0 Å². The van der Waals surface area contributed by atoms with Crippen molar-refractivity contribution in [2.45, 2.75) is 32.1 Å². The van der Waals surface area contributed by atoms with E-state index in [1.165, 1.54) is 19.1 Å². The van der Waals surface area contributed by atoms with Crippen LogP contribution in [0.1, 0.15) is 18.4 Å². The number of nitrogens with two attached hydrogens (primary N) is 1. The van der Waals surface area contributed by atoms with Crippen LogP contribution >= 0.6 is 0 Å². The number of anilines is 1. The van der Waals surface area contributed by atoms with Gasteiger partial charge >= 0.3 is 0 Å². The monoisotopic (exact) mass is 352 g/mol. The molecule has 0 atom stereocenters. The minimum Gasteiger partial charge on any atom is -0.496 e. The van der Waals surface area contributed by atoms with Crippen molar-refractivity contribution < 1.29 is 27.0 Å². The molecular weight excluding hydrogens is 328 g/mol. The highest BCUT2D eigenvalue weighted by molar-refractivity contribution is 5.64. The Kier molecular flexibility index (Phi) is 8.67. The number of hydrogen-bond donors (Lipinski definition) is 1. The van der Waals surface area contributed by atoms with Crippen LogP contribution in [0.3, 0.4) is 0 Å². The van der Waals surface area contributed by atoms with Gasteiger partial charge in [-0.2, -0.15) is 0 Å². The molecule has 0 saturated carbocycles. The van der Waals surface area contributed by atoms with E-state index in [1.807, 2.05) is 0 Å². The zero-order chi connectivity index (χ0) is 18.1. The fourth-order valence-electron chi connectivity index (χ4n) is 2.40. The summed E-state index contributed by atoms with van der Waals surface area (Å²) in [5, 5.41) is 0. The number of ether oxygens (including phenoxy) is 2. The first-order valence-corrected chi connectivity index (χ1v) is 7.69. The molecule has 0 radical (unpaired) electrons. The molecule has 0 amide bonds. The molecule has 1 aromatic rings. The fraction of sp³-hybridized carbons (Fsp3) is 0.625. The van der Waals surface area contributed by atoms with Gasteiger partial charge in [-0.3, -0.25) is 0 Å². The lowest BCUT2D eigenvalue weighted by Crippen LogP contribution is -2.28. The molecule has 4 nitrogen and oxygen atoms in total. The maximum atomic E-state index is 12.6. The van der Waals surface area contributed by atoms with E-state index >= 15 is 0 Å². The molecule has 0 bridgehead atoms. The Hall–Kier alpha value is -1.70. The van der Waals surface area contributed by atoms with Crippen molar-refractivity contribution in [3.8, 4) is 11.5 Å². The number of hydrogen-bond acceptors (Lipinski definition) is 4. The molecule has 0 fully saturated rings. The molecule has 1 rings (SSSR count). The van der Waals surface area contributed by atoms with Crippen molar-refractivity contribution in [2.24, 2.45) is 5.73 Å². The van der Waals surface area contributed by atoms with Gasteiger partial charge in [0.1, 0.15) is 11.5 Å². The molecule has 0 spiro atoms. The molecular formula is C16H24F4N2O2. The van der Waals surface area contributed by atoms with Gasteiger partial charge in [-0.25, -0.2) is 17.6 Å². The lowest BCUT2D eigenvalue weighted by atomic mass is 10.1. The summed E-state index contributed by atoms with van der Waals surface area (Å²) < 4.78 is 60.8. The summed E-state index contributed by atoms with van der Waals surface area (Å²) in [6, 6.07) is 3.33. The van der Waals surface area contributed by atoms with Gasteiger partial charge in [-0.15, -0.1) is 0 Å². The minimum absolute atomic E-state index is 0.0554. The molecule has 2 N–H and O–H groups in total. The van der Waals surface area contributed by atoms with E-state index in [2.05, 4.69) is 0 Å². The maximum Gasteiger partial charge on any atom is 0.240 e. The van der Waals surface area contributed by atoms with Crippen LogP contribution in [0.25, 0.3) is 0 Å². The van der Waals surface area contributed by atoms with E-state index in [0.29, 0.717) is 30.2 Å². The van der Waals surface area contributed by atoms with Crippen molar-refractivity contribution in [3.05, 3.63) is 17.7 Å². The van der Waals surface area contributed by atoms with Crippen LogP contribution in [0, 0.1) is 0 Å². The maximum absolute atomic E-state index is 12.6. The molecule has 1 aromatic carbocycles. The zero-order valence-corrected chi connectivity index (χ0v) is 13.9. The van der Waals surface area contributed by atoms with E-state index in [1.54, 1.807) is 12.1 Å². The molecule has 0 saturated heterocycles. The quantitative estimate of drug-likeness (QED) is 0.621. The topological polar surface area (TPSA) is 47.7 Å². The molecule has 138 valence electrons. The standard InChI is InChI=1S/C16H24F4N2O2/c1-23-13-10-12(14(24-2)9-11(13)3-6-21)22(7-4-15(17)18)8-5-16(19)20/h9-10,15-16H,3-8,21H2,1-2H3.